The van der Waals surface area contributed by atoms with Gasteiger partial charge in [-0.2, -0.15) is 0 Å². The first kappa shape index (κ1) is 13.4. The SMILES string of the molecule is NNC(Cc1c(F)cccc1F)c1ccc(Cl)s1. The summed E-state index contributed by atoms with van der Waals surface area (Å²) in [4.78, 5) is 0.838. The zero-order chi connectivity index (χ0) is 13.1. The van der Waals surface area contributed by atoms with Crippen LogP contribution >= 0.6 is 22.9 Å². The Kier molecular flexibility index (Phi) is 4.29. The monoisotopic (exact) mass is 288 g/mol. The fraction of sp³-hybridized carbons (Fsp3) is 0.167. The van der Waals surface area contributed by atoms with Crippen LogP contribution in [0.1, 0.15) is 16.5 Å². The molecule has 18 heavy (non-hydrogen) atoms. The van der Waals surface area contributed by atoms with Crippen LogP contribution in [0.25, 0.3) is 0 Å². The maximum atomic E-state index is 13.5. The molecule has 2 aromatic rings. The van der Waals surface area contributed by atoms with Crippen molar-refractivity contribution in [2.24, 2.45) is 5.84 Å². The van der Waals surface area contributed by atoms with Gasteiger partial charge in [0.2, 0.25) is 0 Å². The summed E-state index contributed by atoms with van der Waals surface area (Å²) in [5, 5.41) is 0. The summed E-state index contributed by atoms with van der Waals surface area (Å²) in [6.07, 6.45) is 0.131. The lowest BCUT2D eigenvalue weighted by Crippen LogP contribution is -2.29. The zero-order valence-corrected chi connectivity index (χ0v) is 10.9. The zero-order valence-electron chi connectivity index (χ0n) is 9.29. The number of hydrazine groups is 1. The van der Waals surface area contributed by atoms with Crippen LogP contribution < -0.4 is 11.3 Å². The fourth-order valence-corrected chi connectivity index (χ4v) is 2.81. The Morgan fingerprint density at radius 1 is 1.22 bits per heavy atom. The molecule has 0 bridgehead atoms. The van der Waals surface area contributed by atoms with Crippen molar-refractivity contribution in [3.63, 3.8) is 0 Å². The summed E-state index contributed by atoms with van der Waals surface area (Å²) >= 11 is 7.16. The standard InChI is InChI=1S/C12H11ClF2N2S/c13-12-5-4-11(18-12)10(17-16)6-7-8(14)2-1-3-9(7)15/h1-5,10,17H,6,16H2. The van der Waals surface area contributed by atoms with Crippen LogP contribution in [-0.2, 0) is 6.42 Å². The summed E-state index contributed by atoms with van der Waals surface area (Å²) in [7, 11) is 0. The highest BCUT2D eigenvalue weighted by Crippen LogP contribution is 2.29. The Hall–Kier alpha value is -1.01. The van der Waals surface area contributed by atoms with Crippen molar-refractivity contribution in [3.8, 4) is 0 Å². The van der Waals surface area contributed by atoms with Gasteiger partial charge in [0.1, 0.15) is 11.6 Å². The van der Waals surface area contributed by atoms with Gasteiger partial charge in [-0.25, -0.2) is 8.78 Å². The Morgan fingerprint density at radius 3 is 2.39 bits per heavy atom. The van der Waals surface area contributed by atoms with Crippen molar-refractivity contribution < 1.29 is 8.78 Å². The third-order valence-electron chi connectivity index (χ3n) is 2.61. The molecule has 0 aliphatic carbocycles. The number of nitrogens with two attached hydrogens (primary N) is 1. The van der Waals surface area contributed by atoms with Crippen molar-refractivity contribution in [1.29, 1.82) is 0 Å². The molecule has 0 saturated heterocycles. The first-order valence-corrected chi connectivity index (χ1v) is 6.45. The Balaban J connectivity index is 2.26. The lowest BCUT2D eigenvalue weighted by Gasteiger charge is -2.15. The van der Waals surface area contributed by atoms with E-state index in [-0.39, 0.29) is 18.0 Å². The highest BCUT2D eigenvalue weighted by atomic mass is 35.5. The minimum atomic E-state index is -0.571. The lowest BCUT2D eigenvalue weighted by atomic mass is 10.0. The first-order chi connectivity index (χ1) is 8.61. The van der Waals surface area contributed by atoms with E-state index in [1.165, 1.54) is 29.5 Å². The molecule has 96 valence electrons. The van der Waals surface area contributed by atoms with Gasteiger partial charge >= 0.3 is 0 Å². The predicted molar refractivity (Wildman–Crippen MR) is 69.5 cm³/mol. The number of hydrogen-bond donors (Lipinski definition) is 2. The maximum Gasteiger partial charge on any atom is 0.129 e. The van der Waals surface area contributed by atoms with Crippen LogP contribution in [0.15, 0.2) is 30.3 Å². The predicted octanol–water partition coefficient (Wildman–Crippen LogP) is 3.43. The highest BCUT2D eigenvalue weighted by molar-refractivity contribution is 7.16. The third-order valence-corrected chi connectivity index (χ3v) is 3.95. The number of hydrogen-bond acceptors (Lipinski definition) is 3. The second kappa shape index (κ2) is 5.75. The molecular formula is C12H11ClF2N2S. The smallest absolute Gasteiger partial charge is 0.129 e. The van der Waals surface area contributed by atoms with Crippen molar-refractivity contribution >= 4 is 22.9 Å². The van der Waals surface area contributed by atoms with Crippen molar-refractivity contribution in [2.45, 2.75) is 12.5 Å². The van der Waals surface area contributed by atoms with E-state index >= 15 is 0 Å². The summed E-state index contributed by atoms with van der Waals surface area (Å²) in [5.74, 6) is 4.29. The number of nitrogens with one attached hydrogen (secondary N) is 1. The van der Waals surface area contributed by atoms with Crippen LogP contribution in [0.4, 0.5) is 8.78 Å². The molecule has 0 saturated carbocycles. The van der Waals surface area contributed by atoms with Crippen LogP contribution in [0.5, 0.6) is 0 Å². The Morgan fingerprint density at radius 2 is 1.89 bits per heavy atom. The van der Waals surface area contributed by atoms with Gasteiger partial charge in [0.25, 0.3) is 0 Å². The number of benzene rings is 1. The van der Waals surface area contributed by atoms with E-state index in [2.05, 4.69) is 5.43 Å². The number of rotatable bonds is 4. The Labute approximate surface area is 112 Å². The first-order valence-electron chi connectivity index (χ1n) is 5.26. The van der Waals surface area contributed by atoms with E-state index in [9.17, 15) is 8.78 Å². The maximum absolute atomic E-state index is 13.5. The molecule has 2 rings (SSSR count). The van der Waals surface area contributed by atoms with E-state index in [4.69, 9.17) is 17.4 Å². The van der Waals surface area contributed by atoms with E-state index in [1.807, 2.05) is 0 Å². The van der Waals surface area contributed by atoms with Crippen LogP contribution in [0.2, 0.25) is 4.34 Å². The summed E-state index contributed by atoms with van der Waals surface area (Å²) < 4.78 is 27.7. The summed E-state index contributed by atoms with van der Waals surface area (Å²) in [5.41, 5.74) is 2.57. The summed E-state index contributed by atoms with van der Waals surface area (Å²) in [6, 6.07) is 6.94. The van der Waals surface area contributed by atoms with Crippen molar-refractivity contribution in [1.82, 2.24) is 5.43 Å². The molecule has 6 heteroatoms. The molecule has 0 fully saturated rings. The molecule has 1 aromatic heterocycles. The minimum absolute atomic E-state index is 0.0185. The highest BCUT2D eigenvalue weighted by Gasteiger charge is 2.17. The largest absolute Gasteiger partial charge is 0.271 e. The molecule has 0 aliphatic rings. The quantitative estimate of drug-likeness (QED) is 0.668. The molecule has 0 radical (unpaired) electrons. The van der Waals surface area contributed by atoms with Gasteiger partial charge in [-0.3, -0.25) is 11.3 Å². The van der Waals surface area contributed by atoms with Crippen molar-refractivity contribution in [2.75, 3.05) is 0 Å². The molecule has 0 aliphatic heterocycles. The normalized spacial score (nSPS) is 12.7. The molecule has 0 amide bonds. The van der Waals surface area contributed by atoms with Gasteiger partial charge in [0.15, 0.2) is 0 Å². The van der Waals surface area contributed by atoms with Crippen LogP contribution in [-0.4, -0.2) is 0 Å². The average Bonchev–Trinajstić information content (AvgIpc) is 2.76. The molecule has 1 unspecified atom stereocenters. The Bertz CT molecular complexity index is 524. The minimum Gasteiger partial charge on any atom is -0.271 e. The molecule has 1 atom stereocenters. The van der Waals surface area contributed by atoms with E-state index in [0.29, 0.717) is 4.34 Å². The van der Waals surface area contributed by atoms with E-state index < -0.39 is 11.6 Å². The molecule has 2 nitrogen and oxygen atoms in total. The van der Waals surface area contributed by atoms with Gasteiger partial charge in [-0.15, -0.1) is 11.3 Å². The van der Waals surface area contributed by atoms with Gasteiger partial charge in [-0.1, -0.05) is 17.7 Å². The molecular weight excluding hydrogens is 278 g/mol. The lowest BCUT2D eigenvalue weighted by molar-refractivity contribution is 0.504. The fourth-order valence-electron chi connectivity index (χ4n) is 1.69. The van der Waals surface area contributed by atoms with Gasteiger partial charge < -0.3 is 0 Å². The average molecular weight is 289 g/mol. The second-order valence-corrected chi connectivity index (χ2v) is 5.51. The molecule has 0 spiro atoms. The van der Waals surface area contributed by atoms with E-state index in [1.54, 1.807) is 12.1 Å². The van der Waals surface area contributed by atoms with Crippen LogP contribution in [0, 0.1) is 11.6 Å². The third kappa shape index (κ3) is 2.87. The topological polar surface area (TPSA) is 38.0 Å². The van der Waals surface area contributed by atoms with Crippen LogP contribution in [0.3, 0.4) is 0 Å². The van der Waals surface area contributed by atoms with Gasteiger partial charge in [-0.05, 0) is 30.7 Å². The van der Waals surface area contributed by atoms with Crippen molar-refractivity contribution in [3.05, 3.63) is 56.7 Å². The summed E-state index contributed by atoms with van der Waals surface area (Å²) in [6.45, 7) is 0. The van der Waals surface area contributed by atoms with E-state index in [0.717, 1.165) is 4.88 Å². The number of halogens is 3. The van der Waals surface area contributed by atoms with Gasteiger partial charge in [0.05, 0.1) is 10.4 Å². The molecule has 1 heterocycles. The second-order valence-electron chi connectivity index (χ2n) is 3.77. The molecule has 3 N–H and O–H groups in total. The number of thiophene rings is 1. The van der Waals surface area contributed by atoms with Gasteiger partial charge in [0, 0.05) is 10.4 Å². The molecule has 1 aromatic carbocycles.